The van der Waals surface area contributed by atoms with Gasteiger partial charge in [-0.2, -0.15) is 0 Å². The molecular weight excluding hydrogens is 246 g/mol. The van der Waals surface area contributed by atoms with Crippen LogP contribution in [-0.2, 0) is 20.7 Å². The third-order valence-corrected chi connectivity index (χ3v) is 3.14. The molecule has 0 aliphatic rings. The van der Waals surface area contributed by atoms with Crippen molar-refractivity contribution < 1.29 is 14.3 Å². The van der Waals surface area contributed by atoms with Crippen molar-refractivity contribution in [3.05, 3.63) is 18.2 Å². The largest absolute Gasteiger partial charge is 0.467 e. The van der Waals surface area contributed by atoms with E-state index in [0.29, 0.717) is 6.42 Å². The zero-order valence-corrected chi connectivity index (χ0v) is 11.6. The molecule has 1 heterocycles. The van der Waals surface area contributed by atoms with Gasteiger partial charge in [0.05, 0.1) is 13.4 Å². The highest BCUT2D eigenvalue weighted by atomic mass is 16.5. The molecule has 1 atom stereocenters. The van der Waals surface area contributed by atoms with Crippen LogP contribution in [-0.4, -0.2) is 35.0 Å². The molecule has 0 bridgehead atoms. The normalized spacial score (nSPS) is 12.2. The Morgan fingerprint density at radius 1 is 1.42 bits per heavy atom. The average molecular weight is 267 g/mol. The van der Waals surface area contributed by atoms with Crippen LogP contribution in [0.1, 0.15) is 32.4 Å². The number of H-pyrrole nitrogens is 1. The molecule has 0 aliphatic heterocycles. The van der Waals surface area contributed by atoms with Crippen LogP contribution in [0.3, 0.4) is 0 Å². The molecule has 6 nitrogen and oxygen atoms in total. The summed E-state index contributed by atoms with van der Waals surface area (Å²) in [4.78, 5) is 30.5. The van der Waals surface area contributed by atoms with E-state index in [2.05, 4.69) is 15.3 Å². The number of carbonyl (C=O) groups excluding carboxylic acids is 2. The second-order valence-electron chi connectivity index (χ2n) is 4.38. The fraction of sp³-hybridized carbons (Fsp3) is 0.615. The quantitative estimate of drug-likeness (QED) is 0.723. The first kappa shape index (κ1) is 15.2. The monoisotopic (exact) mass is 267 g/mol. The minimum atomic E-state index is -0.682. The van der Waals surface area contributed by atoms with Crippen LogP contribution >= 0.6 is 0 Å². The molecule has 0 aromatic carbocycles. The van der Waals surface area contributed by atoms with E-state index in [9.17, 15) is 9.59 Å². The third-order valence-electron chi connectivity index (χ3n) is 3.14. The van der Waals surface area contributed by atoms with Gasteiger partial charge in [-0.05, 0) is 12.8 Å². The summed E-state index contributed by atoms with van der Waals surface area (Å²) in [5, 5.41) is 2.75. The molecule has 106 valence electrons. The van der Waals surface area contributed by atoms with Crippen molar-refractivity contribution in [1.29, 1.82) is 0 Å². The number of nitrogens with zero attached hydrogens (tertiary/aromatic N) is 1. The van der Waals surface area contributed by atoms with Crippen molar-refractivity contribution in [2.75, 3.05) is 7.11 Å². The maximum atomic E-state index is 12.0. The molecule has 0 saturated heterocycles. The lowest BCUT2D eigenvalue weighted by Crippen LogP contribution is -2.45. The molecule has 0 spiro atoms. The number of aromatic nitrogens is 2. The van der Waals surface area contributed by atoms with Gasteiger partial charge in [-0.15, -0.1) is 0 Å². The van der Waals surface area contributed by atoms with Gasteiger partial charge in [-0.3, -0.25) is 4.79 Å². The van der Waals surface area contributed by atoms with Crippen LogP contribution in [0.5, 0.6) is 0 Å². The lowest BCUT2D eigenvalue weighted by molar-refractivity contribution is -0.145. The van der Waals surface area contributed by atoms with Gasteiger partial charge in [0.25, 0.3) is 0 Å². The topological polar surface area (TPSA) is 84.1 Å². The van der Waals surface area contributed by atoms with E-state index in [1.807, 2.05) is 13.8 Å². The fourth-order valence-corrected chi connectivity index (χ4v) is 1.90. The van der Waals surface area contributed by atoms with Gasteiger partial charge in [0.2, 0.25) is 5.91 Å². The maximum Gasteiger partial charge on any atom is 0.328 e. The Bertz CT molecular complexity index is 399. The summed E-state index contributed by atoms with van der Waals surface area (Å²) in [6.07, 6.45) is 5.00. The van der Waals surface area contributed by atoms with Gasteiger partial charge in [0.15, 0.2) is 0 Å². The van der Waals surface area contributed by atoms with Crippen LogP contribution in [0.2, 0.25) is 0 Å². The molecule has 1 amide bonds. The minimum absolute atomic E-state index is 0.0751. The third kappa shape index (κ3) is 4.39. The molecule has 1 aromatic rings. The molecule has 0 saturated carbocycles. The summed E-state index contributed by atoms with van der Waals surface area (Å²) in [6.45, 7) is 3.91. The summed E-state index contributed by atoms with van der Waals surface area (Å²) >= 11 is 0. The molecule has 6 heteroatoms. The van der Waals surface area contributed by atoms with E-state index in [0.717, 1.165) is 18.5 Å². The van der Waals surface area contributed by atoms with E-state index >= 15 is 0 Å². The number of amides is 1. The smallest absolute Gasteiger partial charge is 0.328 e. The van der Waals surface area contributed by atoms with E-state index in [4.69, 9.17) is 4.74 Å². The predicted molar refractivity (Wildman–Crippen MR) is 70.3 cm³/mol. The number of ether oxygens (including phenoxy) is 1. The molecule has 0 aliphatic carbocycles. The van der Waals surface area contributed by atoms with E-state index in [-0.39, 0.29) is 11.8 Å². The molecule has 1 rings (SSSR count). The van der Waals surface area contributed by atoms with Crippen LogP contribution in [0.25, 0.3) is 0 Å². The number of imidazole rings is 1. The van der Waals surface area contributed by atoms with Crippen molar-refractivity contribution in [3.63, 3.8) is 0 Å². The highest BCUT2D eigenvalue weighted by Crippen LogP contribution is 2.09. The highest BCUT2D eigenvalue weighted by Gasteiger charge is 2.25. The van der Waals surface area contributed by atoms with Gasteiger partial charge in [0.1, 0.15) is 6.04 Å². The average Bonchev–Trinajstić information content (AvgIpc) is 2.91. The number of hydrogen-bond donors (Lipinski definition) is 2. The summed E-state index contributed by atoms with van der Waals surface area (Å²) in [7, 11) is 1.31. The second kappa shape index (κ2) is 7.56. The molecule has 19 heavy (non-hydrogen) atoms. The standard InChI is InChI=1S/C13H21N3O3/c1-4-9(5-2)12(17)16-11(13(18)19-3)6-10-7-14-8-15-10/h7-9,11H,4-6H2,1-3H3,(H,14,15)(H,16,17)/t11-/m0/s1. The number of aromatic amines is 1. The Morgan fingerprint density at radius 2 is 2.11 bits per heavy atom. The zero-order chi connectivity index (χ0) is 14.3. The first-order valence-electron chi connectivity index (χ1n) is 6.47. The number of methoxy groups -OCH3 is 1. The first-order valence-corrected chi connectivity index (χ1v) is 6.47. The molecule has 0 fully saturated rings. The van der Waals surface area contributed by atoms with Crippen LogP contribution in [0.15, 0.2) is 12.5 Å². The van der Waals surface area contributed by atoms with Crippen LogP contribution in [0.4, 0.5) is 0 Å². The number of carbonyl (C=O) groups is 2. The Labute approximate surface area is 112 Å². The first-order chi connectivity index (χ1) is 9.12. The zero-order valence-electron chi connectivity index (χ0n) is 11.6. The van der Waals surface area contributed by atoms with Crippen molar-refractivity contribution in [3.8, 4) is 0 Å². The molecule has 1 aromatic heterocycles. The van der Waals surface area contributed by atoms with Gasteiger partial charge in [-0.1, -0.05) is 13.8 Å². The van der Waals surface area contributed by atoms with Gasteiger partial charge < -0.3 is 15.0 Å². The predicted octanol–water partition coefficient (Wildman–Crippen LogP) is 1.05. The highest BCUT2D eigenvalue weighted by molar-refractivity contribution is 5.85. The summed E-state index contributed by atoms with van der Waals surface area (Å²) in [6, 6.07) is -0.682. The summed E-state index contributed by atoms with van der Waals surface area (Å²) in [5.74, 6) is -0.636. The molecule has 2 N–H and O–H groups in total. The Kier molecular flexibility index (Phi) is 6.05. The SMILES string of the molecule is CCC(CC)C(=O)N[C@@H](Cc1cnc[nH]1)C(=O)OC. The number of rotatable bonds is 7. The van der Waals surface area contributed by atoms with Gasteiger partial charge in [-0.25, -0.2) is 9.78 Å². The summed E-state index contributed by atoms with van der Waals surface area (Å²) in [5.41, 5.74) is 0.778. The molecule has 0 unspecified atom stereocenters. The second-order valence-corrected chi connectivity index (χ2v) is 4.38. The van der Waals surface area contributed by atoms with Crippen LogP contribution in [0, 0.1) is 5.92 Å². The minimum Gasteiger partial charge on any atom is -0.467 e. The number of nitrogens with one attached hydrogen (secondary N) is 2. The maximum absolute atomic E-state index is 12.0. The van der Waals surface area contributed by atoms with Crippen molar-refractivity contribution in [2.45, 2.75) is 39.2 Å². The number of esters is 1. The Morgan fingerprint density at radius 3 is 2.58 bits per heavy atom. The van der Waals surface area contributed by atoms with Gasteiger partial charge >= 0.3 is 5.97 Å². The Hall–Kier alpha value is -1.85. The van der Waals surface area contributed by atoms with E-state index in [1.54, 1.807) is 6.20 Å². The lowest BCUT2D eigenvalue weighted by Gasteiger charge is -2.19. The Balaban J connectivity index is 2.69. The van der Waals surface area contributed by atoms with Crippen molar-refractivity contribution >= 4 is 11.9 Å². The van der Waals surface area contributed by atoms with Crippen molar-refractivity contribution in [2.24, 2.45) is 5.92 Å². The fourth-order valence-electron chi connectivity index (χ4n) is 1.90. The lowest BCUT2D eigenvalue weighted by atomic mass is 10.0. The van der Waals surface area contributed by atoms with Crippen LogP contribution < -0.4 is 5.32 Å². The molecular formula is C13H21N3O3. The molecule has 0 radical (unpaired) electrons. The number of hydrogen-bond acceptors (Lipinski definition) is 4. The van der Waals surface area contributed by atoms with Crippen molar-refractivity contribution in [1.82, 2.24) is 15.3 Å². The summed E-state index contributed by atoms with van der Waals surface area (Å²) < 4.78 is 4.72. The van der Waals surface area contributed by atoms with E-state index < -0.39 is 12.0 Å². The van der Waals surface area contributed by atoms with E-state index in [1.165, 1.54) is 13.4 Å². The van der Waals surface area contributed by atoms with Gasteiger partial charge in [0, 0.05) is 24.2 Å².